The molecule has 0 spiro atoms. The van der Waals surface area contributed by atoms with Crippen molar-refractivity contribution in [1.29, 1.82) is 0 Å². The fourth-order valence-corrected chi connectivity index (χ4v) is 1.43. The molecule has 7 heteroatoms. The standard InChI is InChI=1S/C12H16N2O5/c1-16-9-6-5-8(7-13-14-12(15)19-4)10(17-2)11(9)18-3/h5-7H,1-4H3,(H,14,15)/b13-7-. The average molecular weight is 268 g/mol. The normalized spacial score (nSPS) is 10.1. The summed E-state index contributed by atoms with van der Waals surface area (Å²) in [5, 5.41) is 3.73. The van der Waals surface area contributed by atoms with Crippen LogP contribution in [0.25, 0.3) is 0 Å². The monoisotopic (exact) mass is 268 g/mol. The summed E-state index contributed by atoms with van der Waals surface area (Å²) in [6.07, 6.45) is 0.758. The molecule has 7 nitrogen and oxygen atoms in total. The highest BCUT2D eigenvalue weighted by molar-refractivity contribution is 5.86. The molecule has 0 aliphatic heterocycles. The number of hydrogen-bond acceptors (Lipinski definition) is 6. The van der Waals surface area contributed by atoms with Gasteiger partial charge in [-0.2, -0.15) is 5.10 Å². The maximum absolute atomic E-state index is 10.9. The fraction of sp³-hybridized carbons (Fsp3) is 0.333. The molecule has 1 amide bonds. The van der Waals surface area contributed by atoms with Gasteiger partial charge in [-0.3, -0.25) is 0 Å². The summed E-state index contributed by atoms with van der Waals surface area (Å²) in [5.74, 6) is 1.45. The Morgan fingerprint density at radius 3 is 2.32 bits per heavy atom. The van der Waals surface area contributed by atoms with Crippen LogP contribution in [0.1, 0.15) is 5.56 Å². The first-order valence-electron chi connectivity index (χ1n) is 5.33. The SMILES string of the molecule is COC(=O)N/N=C\c1ccc(OC)c(OC)c1OC. The van der Waals surface area contributed by atoms with E-state index in [1.165, 1.54) is 34.7 Å². The topological polar surface area (TPSA) is 78.4 Å². The van der Waals surface area contributed by atoms with Gasteiger partial charge in [0.1, 0.15) is 0 Å². The second-order valence-corrected chi connectivity index (χ2v) is 3.29. The molecule has 1 aromatic rings. The lowest BCUT2D eigenvalue weighted by atomic mass is 10.2. The molecule has 19 heavy (non-hydrogen) atoms. The van der Waals surface area contributed by atoms with Crippen molar-refractivity contribution in [2.45, 2.75) is 0 Å². The van der Waals surface area contributed by atoms with Crippen molar-refractivity contribution in [1.82, 2.24) is 5.43 Å². The van der Waals surface area contributed by atoms with Gasteiger partial charge in [-0.15, -0.1) is 0 Å². The molecule has 0 fully saturated rings. The van der Waals surface area contributed by atoms with E-state index >= 15 is 0 Å². The molecule has 104 valence electrons. The first kappa shape index (κ1) is 14.6. The first-order valence-corrected chi connectivity index (χ1v) is 5.33. The van der Waals surface area contributed by atoms with Crippen molar-refractivity contribution >= 4 is 12.3 Å². The quantitative estimate of drug-likeness (QED) is 0.645. The predicted molar refractivity (Wildman–Crippen MR) is 69.2 cm³/mol. The van der Waals surface area contributed by atoms with Gasteiger partial charge >= 0.3 is 6.09 Å². The number of hydrazone groups is 1. The van der Waals surface area contributed by atoms with Crippen LogP contribution in [0.5, 0.6) is 17.2 Å². The smallest absolute Gasteiger partial charge is 0.427 e. The van der Waals surface area contributed by atoms with E-state index in [9.17, 15) is 4.79 Å². The lowest BCUT2D eigenvalue weighted by Gasteiger charge is -2.13. The minimum absolute atomic E-state index is 0.451. The van der Waals surface area contributed by atoms with Gasteiger partial charge in [0.2, 0.25) is 5.75 Å². The maximum atomic E-state index is 10.9. The van der Waals surface area contributed by atoms with E-state index in [1.807, 2.05) is 0 Å². The van der Waals surface area contributed by atoms with Gasteiger partial charge < -0.3 is 18.9 Å². The molecule has 0 aliphatic carbocycles. The van der Waals surface area contributed by atoms with Crippen molar-refractivity contribution in [2.75, 3.05) is 28.4 Å². The lowest BCUT2D eigenvalue weighted by molar-refractivity contribution is 0.171. The van der Waals surface area contributed by atoms with E-state index in [0.29, 0.717) is 22.8 Å². The summed E-state index contributed by atoms with van der Waals surface area (Å²) in [5.41, 5.74) is 2.80. The van der Waals surface area contributed by atoms with Crippen molar-refractivity contribution in [3.05, 3.63) is 17.7 Å². The summed E-state index contributed by atoms with van der Waals surface area (Å²) in [6.45, 7) is 0. The van der Waals surface area contributed by atoms with Crippen molar-refractivity contribution in [3.8, 4) is 17.2 Å². The number of nitrogens with one attached hydrogen (secondary N) is 1. The zero-order valence-corrected chi connectivity index (χ0v) is 11.2. The molecule has 0 radical (unpaired) electrons. The van der Waals surface area contributed by atoms with Gasteiger partial charge in [-0.05, 0) is 12.1 Å². The second-order valence-electron chi connectivity index (χ2n) is 3.29. The number of benzene rings is 1. The molecular weight excluding hydrogens is 252 g/mol. The molecule has 0 saturated carbocycles. The molecule has 0 saturated heterocycles. The number of hydrogen-bond donors (Lipinski definition) is 1. The Morgan fingerprint density at radius 1 is 1.11 bits per heavy atom. The van der Waals surface area contributed by atoms with Crippen LogP contribution in [-0.2, 0) is 4.74 Å². The van der Waals surface area contributed by atoms with Crippen LogP contribution in [0.2, 0.25) is 0 Å². The van der Waals surface area contributed by atoms with E-state index in [0.717, 1.165) is 0 Å². The van der Waals surface area contributed by atoms with Gasteiger partial charge in [-0.25, -0.2) is 10.2 Å². The highest BCUT2D eigenvalue weighted by Crippen LogP contribution is 2.38. The number of carbonyl (C=O) groups excluding carboxylic acids is 1. The highest BCUT2D eigenvalue weighted by atomic mass is 16.5. The van der Waals surface area contributed by atoms with Crippen LogP contribution in [0.3, 0.4) is 0 Å². The predicted octanol–water partition coefficient (Wildman–Crippen LogP) is 1.40. The third-order valence-electron chi connectivity index (χ3n) is 2.28. The number of amides is 1. The molecule has 0 heterocycles. The Bertz CT molecular complexity index is 473. The van der Waals surface area contributed by atoms with Crippen LogP contribution in [0.15, 0.2) is 17.2 Å². The van der Waals surface area contributed by atoms with Gasteiger partial charge in [0.15, 0.2) is 11.5 Å². The number of rotatable bonds is 5. The van der Waals surface area contributed by atoms with E-state index in [2.05, 4.69) is 15.3 Å². The van der Waals surface area contributed by atoms with Crippen molar-refractivity contribution < 1.29 is 23.7 Å². The minimum atomic E-state index is -0.657. The number of ether oxygens (including phenoxy) is 4. The Balaban J connectivity index is 3.04. The summed E-state index contributed by atoms with van der Waals surface area (Å²) < 4.78 is 20.0. The van der Waals surface area contributed by atoms with Crippen LogP contribution in [0.4, 0.5) is 4.79 Å². The second kappa shape index (κ2) is 7.10. The number of nitrogens with zero attached hydrogens (tertiary/aromatic N) is 1. The lowest BCUT2D eigenvalue weighted by Crippen LogP contribution is -2.16. The number of carbonyl (C=O) groups is 1. The van der Waals surface area contributed by atoms with Crippen LogP contribution >= 0.6 is 0 Å². The van der Waals surface area contributed by atoms with E-state index in [4.69, 9.17) is 14.2 Å². The largest absolute Gasteiger partial charge is 0.493 e. The van der Waals surface area contributed by atoms with E-state index < -0.39 is 6.09 Å². The third kappa shape index (κ3) is 3.51. The van der Waals surface area contributed by atoms with E-state index in [-0.39, 0.29) is 0 Å². The zero-order valence-electron chi connectivity index (χ0n) is 11.2. The number of methoxy groups -OCH3 is 4. The molecule has 1 N–H and O–H groups in total. The fourth-order valence-electron chi connectivity index (χ4n) is 1.43. The Labute approximate surface area is 111 Å². The molecule has 0 aliphatic rings. The molecule has 0 unspecified atom stereocenters. The van der Waals surface area contributed by atoms with Crippen molar-refractivity contribution in [3.63, 3.8) is 0 Å². The summed E-state index contributed by atoms with van der Waals surface area (Å²) in [7, 11) is 5.79. The van der Waals surface area contributed by atoms with Crippen LogP contribution in [-0.4, -0.2) is 40.7 Å². The molecule has 0 aromatic heterocycles. The van der Waals surface area contributed by atoms with Crippen LogP contribution < -0.4 is 19.6 Å². The maximum Gasteiger partial charge on any atom is 0.427 e. The first-order chi connectivity index (χ1) is 9.17. The zero-order chi connectivity index (χ0) is 14.3. The van der Waals surface area contributed by atoms with E-state index in [1.54, 1.807) is 12.1 Å². The Morgan fingerprint density at radius 2 is 1.79 bits per heavy atom. The summed E-state index contributed by atoms with van der Waals surface area (Å²) in [4.78, 5) is 10.9. The molecule has 1 rings (SSSR count). The Kier molecular flexibility index (Phi) is 5.46. The molecule has 0 bridgehead atoms. The average Bonchev–Trinajstić information content (AvgIpc) is 2.45. The van der Waals surface area contributed by atoms with Gasteiger partial charge in [-0.1, -0.05) is 0 Å². The summed E-state index contributed by atoms with van der Waals surface area (Å²) >= 11 is 0. The third-order valence-corrected chi connectivity index (χ3v) is 2.28. The van der Waals surface area contributed by atoms with Crippen molar-refractivity contribution in [2.24, 2.45) is 5.10 Å². The Hall–Kier alpha value is -2.44. The van der Waals surface area contributed by atoms with Gasteiger partial charge in [0, 0.05) is 5.56 Å². The molecular formula is C12H16N2O5. The summed E-state index contributed by atoms with van der Waals surface area (Å²) in [6, 6.07) is 3.43. The minimum Gasteiger partial charge on any atom is -0.493 e. The molecule has 0 atom stereocenters. The van der Waals surface area contributed by atoms with Gasteiger partial charge in [0.05, 0.1) is 34.7 Å². The molecule has 1 aromatic carbocycles. The van der Waals surface area contributed by atoms with Gasteiger partial charge in [0.25, 0.3) is 0 Å². The highest BCUT2D eigenvalue weighted by Gasteiger charge is 2.14. The van der Waals surface area contributed by atoms with Crippen LogP contribution in [0, 0.1) is 0 Å².